The average molecular weight is 290 g/mol. The molecule has 1 aromatic heterocycles. The van der Waals surface area contributed by atoms with Gasteiger partial charge < -0.3 is 10.2 Å². The van der Waals surface area contributed by atoms with Gasteiger partial charge in [0.05, 0.1) is 0 Å². The molecule has 114 valence electrons. The summed E-state index contributed by atoms with van der Waals surface area (Å²) in [6, 6.07) is 1.61. The molecule has 1 aromatic rings. The van der Waals surface area contributed by atoms with E-state index in [0.717, 1.165) is 45.0 Å². The van der Waals surface area contributed by atoms with Gasteiger partial charge in [0, 0.05) is 18.8 Å². The molecular weight excluding hydrogens is 269 g/mol. The number of aromatic nitrogens is 2. The highest BCUT2D eigenvalue weighted by Gasteiger charge is 2.33. The molecule has 0 unspecified atom stereocenters. The van der Waals surface area contributed by atoms with Crippen LogP contribution in [0.5, 0.6) is 0 Å². The molecule has 0 aromatic carbocycles. The van der Waals surface area contributed by atoms with Crippen LogP contribution >= 0.6 is 0 Å². The second kappa shape index (κ2) is 6.58. The Hall–Kier alpha value is -1.08. The molecule has 4 nitrogen and oxygen atoms in total. The topological polar surface area (TPSA) is 33.1 Å². The van der Waals surface area contributed by atoms with Crippen LogP contribution in [0.25, 0.3) is 0 Å². The lowest BCUT2D eigenvalue weighted by molar-refractivity contribution is -0.141. The summed E-state index contributed by atoms with van der Waals surface area (Å²) in [5.74, 6) is 0. The maximum absolute atomic E-state index is 12.4. The number of nitrogens with zero attached hydrogens (tertiary/aromatic N) is 3. The summed E-state index contributed by atoms with van der Waals surface area (Å²) in [5.41, 5.74) is -0.816. The van der Waals surface area contributed by atoms with Crippen LogP contribution < -0.4 is 5.32 Å². The zero-order chi connectivity index (χ0) is 14.6. The van der Waals surface area contributed by atoms with Gasteiger partial charge in [-0.1, -0.05) is 0 Å². The van der Waals surface area contributed by atoms with Crippen LogP contribution in [0, 0.1) is 0 Å². The second-order valence-corrected chi connectivity index (χ2v) is 5.28. The van der Waals surface area contributed by atoms with Crippen LogP contribution in [-0.2, 0) is 12.7 Å². The molecule has 1 N–H and O–H groups in total. The molecule has 1 saturated heterocycles. The van der Waals surface area contributed by atoms with Gasteiger partial charge in [0.15, 0.2) is 5.69 Å². The maximum Gasteiger partial charge on any atom is 0.435 e. The molecule has 1 aliphatic heterocycles. The average Bonchev–Trinajstić information content (AvgIpc) is 2.88. The van der Waals surface area contributed by atoms with E-state index in [9.17, 15) is 13.2 Å². The predicted molar refractivity (Wildman–Crippen MR) is 70.4 cm³/mol. The maximum atomic E-state index is 12.4. The summed E-state index contributed by atoms with van der Waals surface area (Å²) in [5, 5.41) is 6.88. The van der Waals surface area contributed by atoms with E-state index >= 15 is 0 Å². The third kappa shape index (κ3) is 4.21. The highest BCUT2D eigenvalue weighted by atomic mass is 19.4. The first kappa shape index (κ1) is 15.3. The molecule has 0 radical (unpaired) electrons. The molecule has 1 fully saturated rings. The molecule has 0 spiro atoms. The number of piperidine rings is 1. The molecule has 0 atom stereocenters. The summed E-state index contributed by atoms with van der Waals surface area (Å²) in [7, 11) is 2.08. The Morgan fingerprint density at radius 1 is 1.40 bits per heavy atom. The summed E-state index contributed by atoms with van der Waals surface area (Å²) < 4.78 is 38.6. The number of aryl methyl sites for hydroxylation is 1. The molecule has 7 heteroatoms. The zero-order valence-corrected chi connectivity index (χ0v) is 11.7. The van der Waals surface area contributed by atoms with Crippen LogP contribution in [-0.4, -0.2) is 47.4 Å². The van der Waals surface area contributed by atoms with Gasteiger partial charge in [-0.25, -0.2) is 0 Å². The number of rotatable bonds is 5. The molecule has 20 heavy (non-hydrogen) atoms. The lowest BCUT2D eigenvalue weighted by Crippen LogP contribution is -2.41. The highest BCUT2D eigenvalue weighted by molar-refractivity contribution is 5.03. The van der Waals surface area contributed by atoms with E-state index in [1.807, 2.05) is 0 Å². The lowest BCUT2D eigenvalue weighted by atomic mass is 10.1. The van der Waals surface area contributed by atoms with E-state index in [4.69, 9.17) is 0 Å². The van der Waals surface area contributed by atoms with Gasteiger partial charge in [-0.15, -0.1) is 0 Å². The van der Waals surface area contributed by atoms with Crippen LogP contribution in [0.4, 0.5) is 13.2 Å². The highest BCUT2D eigenvalue weighted by Crippen LogP contribution is 2.27. The Labute approximate surface area is 116 Å². The molecular formula is C13H21F3N4. The minimum Gasteiger partial charge on any atom is -0.317 e. The monoisotopic (exact) mass is 290 g/mol. The van der Waals surface area contributed by atoms with Crippen molar-refractivity contribution in [2.75, 3.05) is 26.7 Å². The van der Waals surface area contributed by atoms with Gasteiger partial charge >= 0.3 is 6.18 Å². The normalized spacial score (nSPS) is 17.9. The SMILES string of the molecule is CN(CCCn1ccc(C(F)(F)F)n1)C1CCNCC1. The van der Waals surface area contributed by atoms with Crippen molar-refractivity contribution in [3.05, 3.63) is 18.0 Å². The first-order chi connectivity index (χ1) is 9.47. The molecule has 0 aliphatic carbocycles. The van der Waals surface area contributed by atoms with Gasteiger partial charge in [-0.05, 0) is 52.0 Å². The van der Waals surface area contributed by atoms with E-state index in [-0.39, 0.29) is 0 Å². The van der Waals surface area contributed by atoms with Crippen molar-refractivity contribution in [2.24, 2.45) is 0 Å². The van der Waals surface area contributed by atoms with Crippen LogP contribution in [0.2, 0.25) is 0 Å². The Kier molecular flexibility index (Phi) is 5.04. The molecule has 0 saturated carbocycles. The van der Waals surface area contributed by atoms with Gasteiger partial charge in [0.1, 0.15) is 0 Å². The van der Waals surface area contributed by atoms with E-state index in [1.165, 1.54) is 10.9 Å². The van der Waals surface area contributed by atoms with Crippen LogP contribution in [0.1, 0.15) is 25.0 Å². The largest absolute Gasteiger partial charge is 0.435 e. The van der Waals surface area contributed by atoms with Crippen molar-refractivity contribution in [3.63, 3.8) is 0 Å². The minimum atomic E-state index is -4.35. The minimum absolute atomic E-state index is 0.519. The fourth-order valence-corrected chi connectivity index (χ4v) is 2.55. The second-order valence-electron chi connectivity index (χ2n) is 5.28. The van der Waals surface area contributed by atoms with Crippen molar-refractivity contribution >= 4 is 0 Å². The van der Waals surface area contributed by atoms with Crippen molar-refractivity contribution in [2.45, 2.75) is 38.0 Å². The Bertz CT molecular complexity index is 410. The molecule has 0 amide bonds. The summed E-state index contributed by atoms with van der Waals surface area (Å²) in [6.07, 6.45) is 0.122. The molecule has 2 rings (SSSR count). The Morgan fingerprint density at radius 3 is 2.70 bits per heavy atom. The Balaban J connectivity index is 1.73. The smallest absolute Gasteiger partial charge is 0.317 e. The first-order valence-corrected chi connectivity index (χ1v) is 6.98. The summed E-state index contributed by atoms with van der Waals surface area (Å²) in [6.45, 7) is 3.49. The van der Waals surface area contributed by atoms with Gasteiger partial charge in [-0.3, -0.25) is 4.68 Å². The van der Waals surface area contributed by atoms with Gasteiger partial charge in [0.25, 0.3) is 0 Å². The third-order valence-corrected chi connectivity index (χ3v) is 3.76. The van der Waals surface area contributed by atoms with E-state index in [2.05, 4.69) is 22.4 Å². The summed E-state index contributed by atoms with van der Waals surface area (Å²) in [4.78, 5) is 2.30. The number of halogens is 3. The predicted octanol–water partition coefficient (Wildman–Crippen LogP) is 1.98. The van der Waals surface area contributed by atoms with Crippen molar-refractivity contribution in [1.82, 2.24) is 20.0 Å². The number of hydrogen-bond donors (Lipinski definition) is 1. The van der Waals surface area contributed by atoms with Gasteiger partial charge in [-0.2, -0.15) is 18.3 Å². The van der Waals surface area contributed by atoms with Crippen molar-refractivity contribution < 1.29 is 13.2 Å². The Morgan fingerprint density at radius 2 is 2.10 bits per heavy atom. The quantitative estimate of drug-likeness (QED) is 0.900. The van der Waals surface area contributed by atoms with E-state index in [0.29, 0.717) is 12.6 Å². The van der Waals surface area contributed by atoms with Crippen LogP contribution in [0.15, 0.2) is 12.3 Å². The van der Waals surface area contributed by atoms with Crippen molar-refractivity contribution in [3.8, 4) is 0 Å². The zero-order valence-electron chi connectivity index (χ0n) is 11.7. The van der Waals surface area contributed by atoms with Crippen LogP contribution in [0.3, 0.4) is 0 Å². The van der Waals surface area contributed by atoms with Gasteiger partial charge in [0.2, 0.25) is 0 Å². The van der Waals surface area contributed by atoms with E-state index < -0.39 is 11.9 Å². The lowest BCUT2D eigenvalue weighted by Gasteiger charge is -2.31. The summed E-state index contributed by atoms with van der Waals surface area (Å²) >= 11 is 0. The first-order valence-electron chi connectivity index (χ1n) is 6.98. The fraction of sp³-hybridized carbons (Fsp3) is 0.769. The van der Waals surface area contributed by atoms with E-state index in [1.54, 1.807) is 0 Å². The number of nitrogens with one attached hydrogen (secondary N) is 1. The van der Waals surface area contributed by atoms with Crippen molar-refractivity contribution in [1.29, 1.82) is 0 Å². The number of hydrogen-bond acceptors (Lipinski definition) is 3. The molecule has 0 bridgehead atoms. The fourth-order valence-electron chi connectivity index (χ4n) is 2.55. The standard InChI is InChI=1S/C13H21F3N4/c1-19(11-3-6-17-7-4-11)8-2-9-20-10-5-12(18-20)13(14,15)16/h5,10-11,17H,2-4,6-9H2,1H3. The molecule has 2 heterocycles. The third-order valence-electron chi connectivity index (χ3n) is 3.76. The molecule has 1 aliphatic rings. The number of alkyl halides is 3.